The average Bonchev–Trinajstić information content (AvgIpc) is 2.75. The van der Waals surface area contributed by atoms with Gasteiger partial charge in [-0.15, -0.1) is 0 Å². The van der Waals surface area contributed by atoms with Crippen LogP contribution >= 0.6 is 0 Å². The Morgan fingerprint density at radius 3 is 2.48 bits per heavy atom. The van der Waals surface area contributed by atoms with Crippen molar-refractivity contribution in [3.05, 3.63) is 64.7 Å². The largest absolute Gasteiger partial charge is 0.341 e. The minimum absolute atomic E-state index is 0.0419. The highest BCUT2D eigenvalue weighted by Crippen LogP contribution is 2.24. The Morgan fingerprint density at radius 2 is 1.76 bits per heavy atom. The molecule has 2 aliphatic rings. The van der Waals surface area contributed by atoms with Gasteiger partial charge in [-0.1, -0.05) is 42.0 Å². The van der Waals surface area contributed by atoms with Crippen LogP contribution in [-0.2, 0) is 22.6 Å². The molecule has 2 heterocycles. The van der Waals surface area contributed by atoms with Gasteiger partial charge in [0.2, 0.25) is 11.8 Å². The van der Waals surface area contributed by atoms with Crippen LogP contribution in [0.3, 0.4) is 0 Å². The van der Waals surface area contributed by atoms with Gasteiger partial charge in [-0.3, -0.25) is 9.59 Å². The Kier molecular flexibility index (Phi) is 5.67. The van der Waals surface area contributed by atoms with Crippen molar-refractivity contribution >= 4 is 17.5 Å². The molecule has 0 spiro atoms. The standard InChI is InChI=1S/C24H29N3O2/c1-16-7-8-21(17(2)13-16)26-23(28)18-9-11-27(12-10-18)24(29)22-14-19-5-3-4-6-20(19)15-25-22/h3-8,13,18,22,25H,9-12,14-15H2,1-2H3,(H,26,28)/t22-/m1/s1. The van der Waals surface area contributed by atoms with Crippen molar-refractivity contribution in [2.75, 3.05) is 18.4 Å². The van der Waals surface area contributed by atoms with E-state index >= 15 is 0 Å². The first-order valence-corrected chi connectivity index (χ1v) is 10.5. The number of likely N-dealkylation sites (tertiary alicyclic amines) is 1. The van der Waals surface area contributed by atoms with Crippen LogP contribution < -0.4 is 10.6 Å². The summed E-state index contributed by atoms with van der Waals surface area (Å²) < 4.78 is 0. The first-order valence-electron chi connectivity index (χ1n) is 10.5. The van der Waals surface area contributed by atoms with E-state index in [0.717, 1.165) is 24.2 Å². The molecule has 29 heavy (non-hydrogen) atoms. The fourth-order valence-corrected chi connectivity index (χ4v) is 4.40. The summed E-state index contributed by atoms with van der Waals surface area (Å²) in [6, 6.07) is 14.2. The number of fused-ring (bicyclic) bond motifs is 1. The molecular formula is C24H29N3O2. The molecule has 4 rings (SSSR count). The normalized spacial score (nSPS) is 19.5. The third kappa shape index (κ3) is 4.35. The second kappa shape index (κ2) is 8.37. The molecule has 0 aliphatic carbocycles. The van der Waals surface area contributed by atoms with Gasteiger partial charge in [0.05, 0.1) is 6.04 Å². The van der Waals surface area contributed by atoms with Gasteiger partial charge >= 0.3 is 0 Å². The molecule has 0 radical (unpaired) electrons. The van der Waals surface area contributed by atoms with Gasteiger partial charge < -0.3 is 15.5 Å². The van der Waals surface area contributed by atoms with Crippen LogP contribution in [0.5, 0.6) is 0 Å². The minimum atomic E-state index is -0.162. The Bertz CT molecular complexity index is 916. The molecule has 2 aliphatic heterocycles. The molecule has 0 bridgehead atoms. The highest BCUT2D eigenvalue weighted by atomic mass is 16.2. The number of anilines is 1. The number of benzene rings is 2. The van der Waals surface area contributed by atoms with Crippen molar-refractivity contribution in [3.8, 4) is 0 Å². The van der Waals surface area contributed by atoms with Gasteiger partial charge in [-0.05, 0) is 55.9 Å². The van der Waals surface area contributed by atoms with Crippen molar-refractivity contribution in [1.29, 1.82) is 0 Å². The lowest BCUT2D eigenvalue weighted by Gasteiger charge is -2.35. The number of amides is 2. The SMILES string of the molecule is Cc1ccc(NC(=O)C2CCN(C(=O)[C@H]3Cc4ccccc4CN3)CC2)c(C)c1. The zero-order valence-corrected chi connectivity index (χ0v) is 17.2. The van der Waals surface area contributed by atoms with E-state index in [1.54, 1.807) is 0 Å². The maximum absolute atomic E-state index is 13.0. The summed E-state index contributed by atoms with van der Waals surface area (Å²) in [4.78, 5) is 27.6. The van der Waals surface area contributed by atoms with E-state index < -0.39 is 0 Å². The van der Waals surface area contributed by atoms with Crippen LogP contribution in [0.4, 0.5) is 5.69 Å². The lowest BCUT2D eigenvalue weighted by molar-refractivity contribution is -0.136. The van der Waals surface area contributed by atoms with Crippen LogP contribution in [-0.4, -0.2) is 35.8 Å². The van der Waals surface area contributed by atoms with Crippen LogP contribution in [0.25, 0.3) is 0 Å². The van der Waals surface area contributed by atoms with E-state index in [9.17, 15) is 9.59 Å². The fraction of sp³-hybridized carbons (Fsp3) is 0.417. The van der Waals surface area contributed by atoms with Gasteiger partial charge in [0.25, 0.3) is 0 Å². The molecule has 0 unspecified atom stereocenters. The van der Waals surface area contributed by atoms with Crippen LogP contribution in [0.2, 0.25) is 0 Å². The first-order chi connectivity index (χ1) is 14.0. The number of hydrogen-bond donors (Lipinski definition) is 2. The Balaban J connectivity index is 1.31. The van der Waals surface area contributed by atoms with Crippen molar-refractivity contribution in [3.63, 3.8) is 0 Å². The molecule has 1 atom stereocenters. The molecular weight excluding hydrogens is 362 g/mol. The van der Waals surface area contributed by atoms with Crippen LogP contribution in [0.15, 0.2) is 42.5 Å². The summed E-state index contributed by atoms with van der Waals surface area (Å²) in [5, 5.41) is 6.45. The van der Waals surface area contributed by atoms with Crippen LogP contribution in [0, 0.1) is 19.8 Å². The second-order valence-corrected chi connectivity index (χ2v) is 8.31. The van der Waals surface area contributed by atoms with Gasteiger partial charge in [0.1, 0.15) is 0 Å². The predicted molar refractivity (Wildman–Crippen MR) is 115 cm³/mol. The van der Waals surface area contributed by atoms with E-state index in [0.29, 0.717) is 25.9 Å². The maximum Gasteiger partial charge on any atom is 0.240 e. The number of aryl methyl sites for hydroxylation is 2. The van der Waals surface area contributed by atoms with E-state index in [1.807, 2.05) is 43.0 Å². The van der Waals surface area contributed by atoms with Crippen molar-refractivity contribution in [2.24, 2.45) is 5.92 Å². The topological polar surface area (TPSA) is 61.4 Å². The molecule has 0 saturated carbocycles. The second-order valence-electron chi connectivity index (χ2n) is 8.31. The Hall–Kier alpha value is -2.66. The zero-order chi connectivity index (χ0) is 20.4. The van der Waals surface area contributed by atoms with Crippen molar-refractivity contribution < 1.29 is 9.59 Å². The number of rotatable bonds is 3. The molecule has 152 valence electrons. The van der Waals surface area contributed by atoms with E-state index in [-0.39, 0.29) is 23.8 Å². The highest BCUT2D eigenvalue weighted by Gasteiger charge is 2.32. The highest BCUT2D eigenvalue weighted by molar-refractivity contribution is 5.93. The molecule has 5 nitrogen and oxygen atoms in total. The fourth-order valence-electron chi connectivity index (χ4n) is 4.40. The summed E-state index contributed by atoms with van der Waals surface area (Å²) in [7, 11) is 0. The molecule has 2 aromatic rings. The van der Waals surface area contributed by atoms with E-state index in [1.165, 1.54) is 16.7 Å². The van der Waals surface area contributed by atoms with Crippen molar-refractivity contribution in [1.82, 2.24) is 10.2 Å². The van der Waals surface area contributed by atoms with E-state index in [4.69, 9.17) is 0 Å². The van der Waals surface area contributed by atoms with E-state index in [2.05, 4.69) is 28.8 Å². The summed E-state index contributed by atoms with van der Waals surface area (Å²) in [6.07, 6.45) is 2.17. The number of carbonyl (C=O) groups excluding carboxylic acids is 2. The number of nitrogens with zero attached hydrogens (tertiary/aromatic N) is 1. The Morgan fingerprint density at radius 1 is 1.03 bits per heavy atom. The number of nitrogens with one attached hydrogen (secondary N) is 2. The summed E-state index contributed by atoms with van der Waals surface area (Å²) in [5.41, 5.74) is 5.68. The molecule has 1 saturated heterocycles. The van der Waals surface area contributed by atoms with Gasteiger partial charge in [-0.2, -0.15) is 0 Å². The number of carbonyl (C=O) groups is 2. The quantitative estimate of drug-likeness (QED) is 0.845. The smallest absolute Gasteiger partial charge is 0.240 e. The average molecular weight is 392 g/mol. The molecule has 0 aromatic heterocycles. The molecule has 5 heteroatoms. The van der Waals surface area contributed by atoms with Gasteiger partial charge in [0, 0.05) is 31.2 Å². The summed E-state index contributed by atoms with van der Waals surface area (Å²) in [5.74, 6) is 0.182. The molecule has 1 fully saturated rings. The third-order valence-electron chi connectivity index (χ3n) is 6.20. The van der Waals surface area contributed by atoms with Gasteiger partial charge in [-0.25, -0.2) is 0 Å². The lowest BCUT2D eigenvalue weighted by Crippen LogP contribution is -2.52. The van der Waals surface area contributed by atoms with Gasteiger partial charge in [0.15, 0.2) is 0 Å². The van der Waals surface area contributed by atoms with Crippen LogP contribution in [0.1, 0.15) is 35.1 Å². The summed E-state index contributed by atoms with van der Waals surface area (Å²) in [6.45, 7) is 6.08. The molecule has 2 aromatic carbocycles. The minimum Gasteiger partial charge on any atom is -0.341 e. The zero-order valence-electron chi connectivity index (χ0n) is 17.2. The third-order valence-corrected chi connectivity index (χ3v) is 6.20. The predicted octanol–water partition coefficient (Wildman–Crippen LogP) is 3.20. The number of hydrogen-bond acceptors (Lipinski definition) is 3. The Labute approximate surface area is 172 Å². The molecule has 2 amide bonds. The maximum atomic E-state index is 13.0. The monoisotopic (exact) mass is 391 g/mol. The summed E-state index contributed by atoms with van der Waals surface area (Å²) >= 11 is 0. The number of piperidine rings is 1. The first kappa shape index (κ1) is 19.6. The lowest BCUT2D eigenvalue weighted by atomic mass is 9.92. The van der Waals surface area contributed by atoms with Crippen molar-refractivity contribution in [2.45, 2.75) is 45.7 Å². The molecule has 2 N–H and O–H groups in total.